The second-order valence-corrected chi connectivity index (χ2v) is 6.97. The third-order valence-corrected chi connectivity index (χ3v) is 4.56. The number of esters is 1. The van der Waals surface area contributed by atoms with Crippen LogP contribution in [0.2, 0.25) is 0 Å². The Morgan fingerprint density at radius 1 is 1.12 bits per heavy atom. The lowest BCUT2D eigenvalue weighted by atomic mass is 9.98. The van der Waals surface area contributed by atoms with Crippen LogP contribution in [0.25, 0.3) is 0 Å². The monoisotopic (exact) mass is 403 g/mol. The zero-order valence-electron chi connectivity index (χ0n) is 14.6. The van der Waals surface area contributed by atoms with Crippen LogP contribution < -0.4 is 5.32 Å². The van der Waals surface area contributed by atoms with E-state index in [1.807, 2.05) is 62.4 Å². The Hall–Kier alpha value is -2.14. The van der Waals surface area contributed by atoms with Crippen molar-refractivity contribution < 1.29 is 14.3 Å². The molecule has 0 aromatic heterocycles. The van der Waals surface area contributed by atoms with Gasteiger partial charge < -0.3 is 10.1 Å². The van der Waals surface area contributed by atoms with Crippen molar-refractivity contribution in [3.63, 3.8) is 0 Å². The fraction of sp³-hybridized carbons (Fsp3) is 0.300. The van der Waals surface area contributed by atoms with Gasteiger partial charge in [0.1, 0.15) is 0 Å². The first kappa shape index (κ1) is 19.2. The SMILES string of the molecule is Cc1ccc(NC(=O)[C@@H](C)OC(=O)C[C@@H](C)c2ccccc2)c(Br)c1. The van der Waals surface area contributed by atoms with Crippen molar-refractivity contribution in [3.8, 4) is 0 Å². The van der Waals surface area contributed by atoms with Crippen molar-refractivity contribution in [2.45, 2.75) is 39.2 Å². The minimum atomic E-state index is -0.858. The third kappa shape index (κ3) is 5.71. The van der Waals surface area contributed by atoms with Gasteiger partial charge in [-0.1, -0.05) is 43.3 Å². The maximum absolute atomic E-state index is 12.2. The van der Waals surface area contributed by atoms with E-state index in [9.17, 15) is 9.59 Å². The maximum atomic E-state index is 12.2. The van der Waals surface area contributed by atoms with E-state index in [1.54, 1.807) is 6.92 Å². The van der Waals surface area contributed by atoms with E-state index >= 15 is 0 Å². The highest BCUT2D eigenvalue weighted by molar-refractivity contribution is 9.10. The van der Waals surface area contributed by atoms with Crippen molar-refractivity contribution in [3.05, 3.63) is 64.1 Å². The lowest BCUT2D eigenvalue weighted by Gasteiger charge is -2.16. The van der Waals surface area contributed by atoms with Gasteiger partial charge in [0.15, 0.2) is 6.10 Å². The van der Waals surface area contributed by atoms with Gasteiger partial charge in [-0.15, -0.1) is 0 Å². The average molecular weight is 404 g/mol. The number of ether oxygens (including phenoxy) is 1. The minimum absolute atomic E-state index is 0.0372. The van der Waals surface area contributed by atoms with Crippen LogP contribution in [0.15, 0.2) is 53.0 Å². The first-order valence-electron chi connectivity index (χ1n) is 8.18. The summed E-state index contributed by atoms with van der Waals surface area (Å²) in [7, 11) is 0. The lowest BCUT2D eigenvalue weighted by molar-refractivity contribution is -0.153. The van der Waals surface area contributed by atoms with Gasteiger partial charge in [-0.25, -0.2) is 0 Å². The normalized spacial score (nSPS) is 13.0. The molecule has 2 atom stereocenters. The van der Waals surface area contributed by atoms with E-state index in [4.69, 9.17) is 4.74 Å². The Kier molecular flexibility index (Phi) is 6.76. The average Bonchev–Trinajstić information content (AvgIpc) is 2.57. The number of rotatable bonds is 6. The Labute approximate surface area is 156 Å². The van der Waals surface area contributed by atoms with Crippen molar-refractivity contribution in [1.82, 2.24) is 0 Å². The molecule has 0 saturated carbocycles. The summed E-state index contributed by atoms with van der Waals surface area (Å²) < 4.78 is 6.06. The number of anilines is 1. The summed E-state index contributed by atoms with van der Waals surface area (Å²) in [4.78, 5) is 24.3. The van der Waals surface area contributed by atoms with Gasteiger partial charge in [0.05, 0.1) is 12.1 Å². The number of nitrogens with one attached hydrogen (secondary N) is 1. The molecule has 1 amide bonds. The van der Waals surface area contributed by atoms with E-state index < -0.39 is 6.10 Å². The molecule has 0 bridgehead atoms. The van der Waals surface area contributed by atoms with Crippen LogP contribution >= 0.6 is 15.9 Å². The van der Waals surface area contributed by atoms with Crippen LogP contribution in [0.4, 0.5) is 5.69 Å². The molecular weight excluding hydrogens is 382 g/mol. The number of halogens is 1. The molecule has 5 heteroatoms. The summed E-state index contributed by atoms with van der Waals surface area (Å²) >= 11 is 3.41. The molecule has 132 valence electrons. The molecule has 25 heavy (non-hydrogen) atoms. The summed E-state index contributed by atoms with van der Waals surface area (Å²) in [6.07, 6.45) is -0.626. The molecule has 0 radical (unpaired) electrons. The lowest BCUT2D eigenvalue weighted by Crippen LogP contribution is -2.30. The van der Waals surface area contributed by atoms with E-state index in [0.717, 1.165) is 15.6 Å². The molecule has 1 N–H and O–H groups in total. The van der Waals surface area contributed by atoms with E-state index in [-0.39, 0.29) is 24.2 Å². The van der Waals surface area contributed by atoms with Crippen LogP contribution in [0.3, 0.4) is 0 Å². The van der Waals surface area contributed by atoms with Crippen LogP contribution in [-0.2, 0) is 14.3 Å². The smallest absolute Gasteiger partial charge is 0.307 e. The quantitative estimate of drug-likeness (QED) is 0.703. The molecule has 0 aliphatic carbocycles. The van der Waals surface area contributed by atoms with E-state index in [1.165, 1.54) is 0 Å². The van der Waals surface area contributed by atoms with Crippen molar-refractivity contribution in [2.24, 2.45) is 0 Å². The van der Waals surface area contributed by atoms with Crippen LogP contribution in [0.1, 0.15) is 37.3 Å². The van der Waals surface area contributed by atoms with Crippen LogP contribution in [0, 0.1) is 6.92 Å². The van der Waals surface area contributed by atoms with Gasteiger partial charge in [-0.05, 0) is 59.0 Å². The number of carbonyl (C=O) groups excluding carboxylic acids is 2. The van der Waals surface area contributed by atoms with Crippen LogP contribution in [-0.4, -0.2) is 18.0 Å². The molecule has 0 aliphatic rings. The van der Waals surface area contributed by atoms with Gasteiger partial charge in [-0.2, -0.15) is 0 Å². The molecule has 4 nitrogen and oxygen atoms in total. The molecule has 0 saturated heterocycles. The summed E-state index contributed by atoms with van der Waals surface area (Å²) in [6.45, 7) is 5.50. The van der Waals surface area contributed by atoms with Crippen LogP contribution in [0.5, 0.6) is 0 Å². The van der Waals surface area contributed by atoms with Crippen molar-refractivity contribution in [2.75, 3.05) is 5.32 Å². The first-order chi connectivity index (χ1) is 11.9. The molecule has 0 fully saturated rings. The van der Waals surface area contributed by atoms with Gasteiger partial charge in [-0.3, -0.25) is 9.59 Å². The number of aryl methyl sites for hydroxylation is 1. The predicted molar refractivity (Wildman–Crippen MR) is 103 cm³/mol. The van der Waals surface area contributed by atoms with Gasteiger partial charge >= 0.3 is 5.97 Å². The van der Waals surface area contributed by atoms with E-state index in [2.05, 4.69) is 21.2 Å². The molecule has 0 spiro atoms. The molecule has 0 heterocycles. The summed E-state index contributed by atoms with van der Waals surface area (Å²) in [6, 6.07) is 15.4. The second-order valence-electron chi connectivity index (χ2n) is 6.12. The third-order valence-electron chi connectivity index (χ3n) is 3.90. The standard InChI is InChI=1S/C20H22BrNO3/c1-13-9-10-18(17(21)11-13)22-20(24)15(3)25-19(23)12-14(2)16-7-5-4-6-8-16/h4-11,14-15H,12H2,1-3H3,(H,22,24)/t14-,15-/m1/s1. The summed E-state index contributed by atoms with van der Waals surface area (Å²) in [5.74, 6) is -0.706. The first-order valence-corrected chi connectivity index (χ1v) is 8.97. The topological polar surface area (TPSA) is 55.4 Å². The maximum Gasteiger partial charge on any atom is 0.307 e. The Morgan fingerprint density at radius 3 is 2.44 bits per heavy atom. The fourth-order valence-corrected chi connectivity index (χ4v) is 3.00. The Bertz CT molecular complexity index is 746. The molecule has 0 unspecified atom stereocenters. The van der Waals surface area contributed by atoms with Crippen molar-refractivity contribution >= 4 is 33.5 Å². The fourth-order valence-electron chi connectivity index (χ4n) is 2.40. The highest BCUT2D eigenvalue weighted by Gasteiger charge is 2.20. The zero-order chi connectivity index (χ0) is 18.4. The number of hydrogen-bond acceptors (Lipinski definition) is 3. The van der Waals surface area contributed by atoms with Crippen molar-refractivity contribution in [1.29, 1.82) is 0 Å². The highest BCUT2D eigenvalue weighted by Crippen LogP contribution is 2.24. The number of amides is 1. The van der Waals surface area contributed by atoms with Gasteiger partial charge in [0.2, 0.25) is 0 Å². The Balaban J connectivity index is 1.88. The summed E-state index contributed by atoms with van der Waals surface area (Å²) in [5, 5.41) is 2.76. The molecule has 0 aliphatic heterocycles. The molecule has 2 rings (SSSR count). The predicted octanol–water partition coefficient (Wildman–Crippen LogP) is 4.82. The second kappa shape index (κ2) is 8.81. The Morgan fingerprint density at radius 2 is 1.80 bits per heavy atom. The summed E-state index contributed by atoms with van der Waals surface area (Å²) in [5.41, 5.74) is 2.80. The van der Waals surface area contributed by atoms with Gasteiger partial charge in [0, 0.05) is 4.47 Å². The number of hydrogen-bond donors (Lipinski definition) is 1. The zero-order valence-corrected chi connectivity index (χ0v) is 16.2. The highest BCUT2D eigenvalue weighted by atomic mass is 79.9. The molecular formula is C20H22BrNO3. The number of carbonyl (C=O) groups is 2. The largest absolute Gasteiger partial charge is 0.453 e. The number of benzene rings is 2. The molecule has 2 aromatic rings. The van der Waals surface area contributed by atoms with Gasteiger partial charge in [0.25, 0.3) is 5.91 Å². The molecule has 2 aromatic carbocycles. The van der Waals surface area contributed by atoms with E-state index in [0.29, 0.717) is 5.69 Å². The minimum Gasteiger partial charge on any atom is -0.453 e.